The summed E-state index contributed by atoms with van der Waals surface area (Å²) < 4.78 is 11.8. The standard InChI is InChI=1S/C22H31NO2/c1-5-6-13-24-20-9-7-8-19(16-20)23-12-14-25-22-15-18(4)10-11-21(22)17(2)3/h7-11,15-17,23H,5-6,12-14H2,1-4H3. The van der Waals surface area contributed by atoms with E-state index in [-0.39, 0.29) is 0 Å². The van der Waals surface area contributed by atoms with E-state index in [1.165, 1.54) is 11.1 Å². The molecule has 0 fully saturated rings. The van der Waals surface area contributed by atoms with Crippen LogP contribution in [0, 0.1) is 6.92 Å². The van der Waals surface area contributed by atoms with Crippen molar-refractivity contribution < 1.29 is 9.47 Å². The molecule has 1 N–H and O–H groups in total. The van der Waals surface area contributed by atoms with Crippen molar-refractivity contribution >= 4 is 5.69 Å². The van der Waals surface area contributed by atoms with Gasteiger partial charge in [-0.3, -0.25) is 0 Å². The Bertz CT molecular complexity index is 652. The van der Waals surface area contributed by atoms with Crippen LogP contribution in [0.25, 0.3) is 0 Å². The van der Waals surface area contributed by atoms with Gasteiger partial charge in [0, 0.05) is 18.3 Å². The Labute approximate surface area is 152 Å². The van der Waals surface area contributed by atoms with Gasteiger partial charge >= 0.3 is 0 Å². The van der Waals surface area contributed by atoms with Crippen LogP contribution in [0.3, 0.4) is 0 Å². The molecule has 0 unspecified atom stereocenters. The van der Waals surface area contributed by atoms with Crippen LogP contribution in [0.2, 0.25) is 0 Å². The van der Waals surface area contributed by atoms with Crippen LogP contribution in [0.5, 0.6) is 11.5 Å². The van der Waals surface area contributed by atoms with Gasteiger partial charge in [0.1, 0.15) is 18.1 Å². The lowest BCUT2D eigenvalue weighted by Gasteiger charge is -2.15. The number of unbranched alkanes of at least 4 members (excludes halogenated alkanes) is 1. The molecule has 25 heavy (non-hydrogen) atoms. The Morgan fingerprint density at radius 3 is 2.60 bits per heavy atom. The molecule has 3 nitrogen and oxygen atoms in total. The molecule has 0 aliphatic carbocycles. The molecular formula is C22H31NO2. The molecule has 0 aromatic heterocycles. The highest BCUT2D eigenvalue weighted by Gasteiger charge is 2.08. The van der Waals surface area contributed by atoms with E-state index in [0.717, 1.165) is 43.2 Å². The first kappa shape index (κ1) is 19.2. The van der Waals surface area contributed by atoms with Crippen molar-refractivity contribution in [3.05, 3.63) is 53.6 Å². The second kappa shape index (κ2) is 9.97. The maximum Gasteiger partial charge on any atom is 0.123 e. The SMILES string of the molecule is CCCCOc1cccc(NCCOc2cc(C)ccc2C(C)C)c1. The van der Waals surface area contributed by atoms with E-state index in [0.29, 0.717) is 12.5 Å². The van der Waals surface area contributed by atoms with Gasteiger partial charge in [-0.2, -0.15) is 0 Å². The van der Waals surface area contributed by atoms with E-state index in [1.54, 1.807) is 0 Å². The molecule has 0 amide bonds. The molecular weight excluding hydrogens is 310 g/mol. The summed E-state index contributed by atoms with van der Waals surface area (Å²) in [5.41, 5.74) is 3.55. The number of ether oxygens (including phenoxy) is 2. The van der Waals surface area contributed by atoms with Crippen LogP contribution in [0.15, 0.2) is 42.5 Å². The Hall–Kier alpha value is -2.16. The minimum Gasteiger partial charge on any atom is -0.494 e. The predicted octanol–water partition coefficient (Wildman–Crippen LogP) is 5.79. The van der Waals surface area contributed by atoms with Crippen molar-refractivity contribution in [3.63, 3.8) is 0 Å². The van der Waals surface area contributed by atoms with E-state index < -0.39 is 0 Å². The molecule has 2 aromatic rings. The summed E-state index contributed by atoms with van der Waals surface area (Å²) in [6, 6.07) is 14.5. The number of nitrogens with one attached hydrogen (secondary N) is 1. The van der Waals surface area contributed by atoms with Crippen molar-refractivity contribution in [1.29, 1.82) is 0 Å². The van der Waals surface area contributed by atoms with Gasteiger partial charge in [-0.1, -0.05) is 45.4 Å². The third-order valence-corrected chi connectivity index (χ3v) is 4.08. The van der Waals surface area contributed by atoms with Crippen LogP contribution < -0.4 is 14.8 Å². The normalized spacial score (nSPS) is 10.8. The van der Waals surface area contributed by atoms with Gasteiger partial charge < -0.3 is 14.8 Å². The lowest BCUT2D eigenvalue weighted by Crippen LogP contribution is -2.12. The average Bonchev–Trinajstić information content (AvgIpc) is 2.59. The highest BCUT2D eigenvalue weighted by Crippen LogP contribution is 2.27. The van der Waals surface area contributed by atoms with E-state index >= 15 is 0 Å². The third-order valence-electron chi connectivity index (χ3n) is 4.08. The number of rotatable bonds is 10. The maximum atomic E-state index is 6.02. The quantitative estimate of drug-likeness (QED) is 0.555. The van der Waals surface area contributed by atoms with E-state index in [4.69, 9.17) is 9.47 Å². The number of aryl methyl sites for hydroxylation is 1. The molecule has 2 rings (SSSR count). The van der Waals surface area contributed by atoms with Crippen LogP contribution in [-0.2, 0) is 0 Å². The van der Waals surface area contributed by atoms with Gasteiger partial charge in [-0.05, 0) is 48.6 Å². The largest absolute Gasteiger partial charge is 0.494 e. The van der Waals surface area contributed by atoms with Crippen molar-refractivity contribution in [1.82, 2.24) is 0 Å². The van der Waals surface area contributed by atoms with Crippen LogP contribution >= 0.6 is 0 Å². The summed E-state index contributed by atoms with van der Waals surface area (Å²) in [5, 5.41) is 3.40. The second-order valence-electron chi connectivity index (χ2n) is 6.70. The van der Waals surface area contributed by atoms with Crippen LogP contribution in [0.1, 0.15) is 50.7 Å². The van der Waals surface area contributed by atoms with Gasteiger partial charge in [-0.15, -0.1) is 0 Å². The molecule has 0 spiro atoms. The fourth-order valence-corrected chi connectivity index (χ4v) is 2.63. The van der Waals surface area contributed by atoms with Gasteiger partial charge in [0.05, 0.1) is 6.61 Å². The molecule has 0 saturated heterocycles. The predicted molar refractivity (Wildman–Crippen MR) is 106 cm³/mol. The zero-order valence-electron chi connectivity index (χ0n) is 16.0. The van der Waals surface area contributed by atoms with Crippen molar-refractivity contribution in [2.75, 3.05) is 25.1 Å². The fraction of sp³-hybridized carbons (Fsp3) is 0.455. The zero-order valence-corrected chi connectivity index (χ0v) is 16.0. The first-order valence-electron chi connectivity index (χ1n) is 9.30. The highest BCUT2D eigenvalue weighted by atomic mass is 16.5. The first-order chi connectivity index (χ1) is 12.1. The van der Waals surface area contributed by atoms with Gasteiger partial charge in [-0.25, -0.2) is 0 Å². The first-order valence-corrected chi connectivity index (χ1v) is 9.30. The Morgan fingerprint density at radius 1 is 1.00 bits per heavy atom. The molecule has 0 heterocycles. The summed E-state index contributed by atoms with van der Waals surface area (Å²) in [6.07, 6.45) is 2.23. The van der Waals surface area contributed by atoms with E-state index in [2.05, 4.69) is 57.3 Å². The molecule has 0 aliphatic rings. The van der Waals surface area contributed by atoms with E-state index in [1.807, 2.05) is 18.2 Å². The Morgan fingerprint density at radius 2 is 1.84 bits per heavy atom. The molecule has 0 atom stereocenters. The second-order valence-corrected chi connectivity index (χ2v) is 6.70. The van der Waals surface area contributed by atoms with Gasteiger partial charge in [0.2, 0.25) is 0 Å². The van der Waals surface area contributed by atoms with Crippen LogP contribution in [-0.4, -0.2) is 19.8 Å². The number of hydrogen-bond acceptors (Lipinski definition) is 3. The highest BCUT2D eigenvalue weighted by molar-refractivity contribution is 5.48. The lowest BCUT2D eigenvalue weighted by atomic mass is 10.0. The fourth-order valence-electron chi connectivity index (χ4n) is 2.63. The Kier molecular flexibility index (Phi) is 7.65. The summed E-state index contributed by atoms with van der Waals surface area (Å²) in [4.78, 5) is 0. The molecule has 0 radical (unpaired) electrons. The number of hydrogen-bond donors (Lipinski definition) is 1. The van der Waals surface area contributed by atoms with Gasteiger partial charge in [0.15, 0.2) is 0 Å². The minimum atomic E-state index is 0.459. The van der Waals surface area contributed by atoms with Crippen LogP contribution in [0.4, 0.5) is 5.69 Å². The van der Waals surface area contributed by atoms with E-state index in [9.17, 15) is 0 Å². The molecule has 0 bridgehead atoms. The van der Waals surface area contributed by atoms with Crippen molar-refractivity contribution in [2.45, 2.75) is 46.5 Å². The summed E-state index contributed by atoms with van der Waals surface area (Å²) in [6.45, 7) is 10.8. The van der Waals surface area contributed by atoms with Gasteiger partial charge in [0.25, 0.3) is 0 Å². The lowest BCUT2D eigenvalue weighted by molar-refractivity contribution is 0.309. The Balaban J connectivity index is 1.83. The minimum absolute atomic E-state index is 0.459. The van der Waals surface area contributed by atoms with Crippen molar-refractivity contribution in [3.8, 4) is 11.5 Å². The number of anilines is 1. The topological polar surface area (TPSA) is 30.5 Å². The summed E-state index contributed by atoms with van der Waals surface area (Å²) in [7, 11) is 0. The molecule has 0 saturated carbocycles. The third kappa shape index (κ3) is 6.33. The maximum absolute atomic E-state index is 6.02. The molecule has 3 heteroatoms. The number of benzene rings is 2. The molecule has 2 aromatic carbocycles. The summed E-state index contributed by atoms with van der Waals surface area (Å²) in [5.74, 6) is 2.37. The molecule has 136 valence electrons. The monoisotopic (exact) mass is 341 g/mol. The van der Waals surface area contributed by atoms with Crippen molar-refractivity contribution in [2.24, 2.45) is 0 Å². The summed E-state index contributed by atoms with van der Waals surface area (Å²) >= 11 is 0. The smallest absolute Gasteiger partial charge is 0.123 e. The zero-order chi connectivity index (χ0) is 18.1. The average molecular weight is 341 g/mol. The molecule has 0 aliphatic heterocycles.